The van der Waals surface area contributed by atoms with Crippen molar-refractivity contribution < 1.29 is 19.1 Å². The number of hydrazone groups is 1. The number of rotatable bonds is 7. The van der Waals surface area contributed by atoms with Crippen LogP contribution in [-0.4, -0.2) is 38.3 Å². The minimum absolute atomic E-state index is 0.221. The lowest BCUT2D eigenvalue weighted by Gasteiger charge is -2.10. The van der Waals surface area contributed by atoms with E-state index in [0.717, 1.165) is 5.56 Å². The van der Waals surface area contributed by atoms with E-state index in [1.807, 2.05) is 6.07 Å². The van der Waals surface area contributed by atoms with Crippen LogP contribution in [0.1, 0.15) is 22.8 Å². The predicted octanol–water partition coefficient (Wildman–Crippen LogP) is 1.56. The van der Waals surface area contributed by atoms with Crippen LogP contribution in [0.25, 0.3) is 0 Å². The van der Waals surface area contributed by atoms with E-state index in [1.54, 1.807) is 37.3 Å². The third kappa shape index (κ3) is 5.46. The molecule has 4 N–H and O–H groups in total. The molecule has 2 aromatic carbocycles. The zero-order chi connectivity index (χ0) is 19.8. The average molecular weight is 370 g/mol. The summed E-state index contributed by atoms with van der Waals surface area (Å²) < 4.78 is 10.3. The summed E-state index contributed by atoms with van der Waals surface area (Å²) in [7, 11) is 2.99. The molecule has 2 amide bonds. The molecule has 2 aromatic rings. The number of nitrogens with zero attached hydrogens (tertiary/aromatic N) is 1. The summed E-state index contributed by atoms with van der Waals surface area (Å²) in [6, 6.07) is 11.9. The van der Waals surface area contributed by atoms with Crippen molar-refractivity contribution in [2.75, 3.05) is 26.5 Å². The van der Waals surface area contributed by atoms with E-state index in [1.165, 1.54) is 20.3 Å². The zero-order valence-electron chi connectivity index (χ0n) is 15.4. The first-order chi connectivity index (χ1) is 12.9. The van der Waals surface area contributed by atoms with Crippen molar-refractivity contribution in [3.05, 3.63) is 53.6 Å². The number of anilines is 1. The second-order valence-electron chi connectivity index (χ2n) is 5.61. The Balaban J connectivity index is 1.91. The van der Waals surface area contributed by atoms with Gasteiger partial charge in [-0.2, -0.15) is 5.10 Å². The van der Waals surface area contributed by atoms with Gasteiger partial charge in [0.2, 0.25) is 0 Å². The molecule has 0 aliphatic carbocycles. The number of hydrogen-bond acceptors (Lipinski definition) is 6. The number of ether oxygens (including phenoxy) is 2. The van der Waals surface area contributed by atoms with Gasteiger partial charge in [-0.15, -0.1) is 0 Å². The van der Waals surface area contributed by atoms with Crippen LogP contribution >= 0.6 is 0 Å². The van der Waals surface area contributed by atoms with Crippen LogP contribution in [0.15, 0.2) is 47.6 Å². The molecule has 0 aliphatic rings. The lowest BCUT2D eigenvalue weighted by Crippen LogP contribution is -2.35. The van der Waals surface area contributed by atoms with Crippen LogP contribution in [0.5, 0.6) is 11.5 Å². The lowest BCUT2D eigenvalue weighted by molar-refractivity contribution is -0.120. The molecule has 142 valence electrons. The highest BCUT2D eigenvalue weighted by atomic mass is 16.5. The maximum atomic E-state index is 12.2. The molecule has 27 heavy (non-hydrogen) atoms. The van der Waals surface area contributed by atoms with Crippen molar-refractivity contribution in [1.82, 2.24) is 10.7 Å². The van der Waals surface area contributed by atoms with E-state index >= 15 is 0 Å². The molecule has 0 saturated carbocycles. The highest BCUT2D eigenvalue weighted by molar-refractivity contribution is 6.00. The summed E-state index contributed by atoms with van der Waals surface area (Å²) in [6.45, 7) is 1.53. The third-order valence-corrected chi connectivity index (χ3v) is 3.71. The highest BCUT2D eigenvalue weighted by Crippen LogP contribution is 2.27. The molecule has 0 fully saturated rings. The van der Waals surface area contributed by atoms with Crippen LogP contribution in [0, 0.1) is 0 Å². The van der Waals surface area contributed by atoms with Gasteiger partial charge < -0.3 is 20.5 Å². The Labute approximate surface area is 157 Å². The Hall–Kier alpha value is -3.55. The first-order valence-electron chi connectivity index (χ1n) is 8.14. The van der Waals surface area contributed by atoms with Gasteiger partial charge in [0.15, 0.2) is 11.5 Å². The molecule has 0 atom stereocenters. The highest BCUT2D eigenvalue weighted by Gasteiger charge is 2.12. The normalized spacial score (nSPS) is 10.9. The number of nitrogens with two attached hydrogens (primary N) is 1. The Bertz CT molecular complexity index is 865. The number of benzene rings is 2. The number of hydrogen-bond donors (Lipinski definition) is 3. The second kappa shape index (κ2) is 9.23. The molecule has 0 heterocycles. The van der Waals surface area contributed by atoms with Gasteiger partial charge in [-0.1, -0.05) is 12.1 Å². The summed E-state index contributed by atoms with van der Waals surface area (Å²) in [4.78, 5) is 24.1. The van der Waals surface area contributed by atoms with Crippen molar-refractivity contribution in [1.29, 1.82) is 0 Å². The molecule has 0 saturated heterocycles. The van der Waals surface area contributed by atoms with Gasteiger partial charge in [-0.05, 0) is 42.8 Å². The molecule has 8 heteroatoms. The number of nitrogens with one attached hydrogen (secondary N) is 2. The zero-order valence-corrected chi connectivity index (χ0v) is 15.4. The smallest absolute Gasteiger partial charge is 0.259 e. The Morgan fingerprint density at radius 2 is 1.78 bits per heavy atom. The maximum absolute atomic E-state index is 12.2. The number of nitrogen functional groups attached to an aromatic ring is 1. The van der Waals surface area contributed by atoms with Crippen molar-refractivity contribution in [3.8, 4) is 11.5 Å². The molecular weight excluding hydrogens is 348 g/mol. The predicted molar refractivity (Wildman–Crippen MR) is 103 cm³/mol. The fourth-order valence-corrected chi connectivity index (χ4v) is 2.25. The number of methoxy groups -OCH3 is 2. The van der Waals surface area contributed by atoms with Crippen LogP contribution < -0.4 is 25.9 Å². The van der Waals surface area contributed by atoms with E-state index in [0.29, 0.717) is 28.5 Å². The number of carbonyl (C=O) groups excluding carboxylic acids is 2. The van der Waals surface area contributed by atoms with Crippen LogP contribution in [0.3, 0.4) is 0 Å². The van der Waals surface area contributed by atoms with Gasteiger partial charge in [0.1, 0.15) is 0 Å². The minimum atomic E-state index is -0.452. The van der Waals surface area contributed by atoms with Gasteiger partial charge in [-0.3, -0.25) is 9.59 Å². The van der Waals surface area contributed by atoms with E-state index < -0.39 is 11.8 Å². The fraction of sp³-hybridized carbons (Fsp3) is 0.211. The monoisotopic (exact) mass is 370 g/mol. The molecular formula is C19H22N4O4. The van der Waals surface area contributed by atoms with E-state index in [4.69, 9.17) is 15.2 Å². The van der Waals surface area contributed by atoms with Gasteiger partial charge in [0, 0.05) is 11.3 Å². The summed E-state index contributed by atoms with van der Waals surface area (Å²) in [5, 5.41) is 6.53. The second-order valence-corrected chi connectivity index (χ2v) is 5.61. The fourth-order valence-electron chi connectivity index (χ4n) is 2.25. The number of amides is 2. The van der Waals surface area contributed by atoms with Gasteiger partial charge >= 0.3 is 0 Å². The molecule has 2 rings (SSSR count). The molecule has 0 aliphatic heterocycles. The summed E-state index contributed by atoms with van der Waals surface area (Å²) >= 11 is 0. The summed E-state index contributed by atoms with van der Waals surface area (Å²) in [6.07, 6.45) is 0. The topological polar surface area (TPSA) is 115 Å². The number of carbonyl (C=O) groups is 2. The average Bonchev–Trinajstić information content (AvgIpc) is 2.69. The summed E-state index contributed by atoms with van der Waals surface area (Å²) in [5.74, 6) is 0.0739. The van der Waals surface area contributed by atoms with Crippen molar-refractivity contribution in [2.45, 2.75) is 6.92 Å². The largest absolute Gasteiger partial charge is 0.493 e. The molecule has 0 radical (unpaired) electrons. The standard InChI is InChI=1S/C19H22N4O4/c1-12(13-5-4-6-15(20)9-13)22-23-18(24)11-21-19(25)14-7-8-16(26-2)17(10-14)27-3/h4-10H,11,20H2,1-3H3,(H,21,25)(H,23,24)/b22-12-. The van der Waals surface area contributed by atoms with E-state index in [-0.39, 0.29) is 6.54 Å². The molecule has 0 spiro atoms. The van der Waals surface area contributed by atoms with E-state index in [2.05, 4.69) is 15.8 Å². The molecule has 0 bridgehead atoms. The van der Waals surface area contributed by atoms with Gasteiger partial charge in [0.25, 0.3) is 11.8 Å². The quantitative estimate of drug-likeness (QED) is 0.389. The SMILES string of the molecule is COc1ccc(C(=O)NCC(=O)N/N=C(/C)c2cccc(N)c2)cc1OC. The molecule has 8 nitrogen and oxygen atoms in total. The van der Waals surface area contributed by atoms with Crippen LogP contribution in [0.4, 0.5) is 5.69 Å². The Morgan fingerprint density at radius 3 is 2.44 bits per heavy atom. The first kappa shape index (κ1) is 19.8. The molecule has 0 aromatic heterocycles. The van der Waals surface area contributed by atoms with Crippen LogP contribution in [-0.2, 0) is 4.79 Å². The maximum Gasteiger partial charge on any atom is 0.259 e. The Morgan fingerprint density at radius 1 is 1.04 bits per heavy atom. The molecule has 0 unspecified atom stereocenters. The van der Waals surface area contributed by atoms with Crippen molar-refractivity contribution in [2.24, 2.45) is 5.10 Å². The van der Waals surface area contributed by atoms with Crippen molar-refractivity contribution >= 4 is 23.2 Å². The van der Waals surface area contributed by atoms with E-state index in [9.17, 15) is 9.59 Å². The first-order valence-corrected chi connectivity index (χ1v) is 8.14. The summed E-state index contributed by atoms with van der Waals surface area (Å²) in [5.41, 5.74) is 10.5. The Kier molecular flexibility index (Phi) is 6.76. The lowest BCUT2D eigenvalue weighted by atomic mass is 10.1. The van der Waals surface area contributed by atoms with Gasteiger partial charge in [0.05, 0.1) is 26.5 Å². The van der Waals surface area contributed by atoms with Crippen molar-refractivity contribution in [3.63, 3.8) is 0 Å². The minimum Gasteiger partial charge on any atom is -0.493 e. The van der Waals surface area contributed by atoms with Crippen LogP contribution in [0.2, 0.25) is 0 Å². The third-order valence-electron chi connectivity index (χ3n) is 3.71. The van der Waals surface area contributed by atoms with Gasteiger partial charge in [-0.25, -0.2) is 5.43 Å².